The fourth-order valence-electron chi connectivity index (χ4n) is 2.57. The van der Waals surface area contributed by atoms with E-state index in [1.807, 2.05) is 24.3 Å². The Balaban J connectivity index is 2.00. The SMILES string of the molecule is O=C(O)c1cc(NC(=O)c2cccc3ccccc23)cc(C(=O)O)c1. The number of anilines is 1. The van der Waals surface area contributed by atoms with Gasteiger partial charge in [-0.15, -0.1) is 0 Å². The third-order valence-electron chi connectivity index (χ3n) is 3.72. The van der Waals surface area contributed by atoms with Gasteiger partial charge in [0.05, 0.1) is 11.1 Å². The van der Waals surface area contributed by atoms with Gasteiger partial charge in [-0.05, 0) is 35.0 Å². The van der Waals surface area contributed by atoms with Gasteiger partial charge >= 0.3 is 11.9 Å². The third kappa shape index (κ3) is 3.32. The number of rotatable bonds is 4. The van der Waals surface area contributed by atoms with E-state index in [4.69, 9.17) is 10.2 Å². The molecule has 6 nitrogen and oxygen atoms in total. The van der Waals surface area contributed by atoms with Crippen LogP contribution in [0.3, 0.4) is 0 Å². The van der Waals surface area contributed by atoms with Gasteiger partial charge in [0.2, 0.25) is 0 Å². The van der Waals surface area contributed by atoms with Crippen LogP contribution in [0.2, 0.25) is 0 Å². The fourth-order valence-corrected chi connectivity index (χ4v) is 2.57. The van der Waals surface area contributed by atoms with E-state index in [0.717, 1.165) is 16.8 Å². The molecule has 0 radical (unpaired) electrons. The van der Waals surface area contributed by atoms with Crippen LogP contribution in [0.1, 0.15) is 31.1 Å². The number of carbonyl (C=O) groups excluding carboxylic acids is 1. The highest BCUT2D eigenvalue weighted by atomic mass is 16.4. The van der Waals surface area contributed by atoms with Gasteiger partial charge in [0.1, 0.15) is 0 Å². The summed E-state index contributed by atoms with van der Waals surface area (Å²) in [6, 6.07) is 16.1. The minimum absolute atomic E-state index is 0.107. The lowest BCUT2D eigenvalue weighted by atomic mass is 10.0. The lowest BCUT2D eigenvalue weighted by Crippen LogP contribution is -2.14. The predicted octanol–water partition coefficient (Wildman–Crippen LogP) is 3.49. The van der Waals surface area contributed by atoms with E-state index >= 15 is 0 Å². The maximum Gasteiger partial charge on any atom is 0.335 e. The number of hydrogen-bond donors (Lipinski definition) is 3. The quantitative estimate of drug-likeness (QED) is 0.677. The Morgan fingerprint density at radius 3 is 2.00 bits per heavy atom. The highest BCUT2D eigenvalue weighted by Crippen LogP contribution is 2.21. The summed E-state index contributed by atoms with van der Waals surface area (Å²) >= 11 is 0. The second-order valence-electron chi connectivity index (χ2n) is 5.39. The lowest BCUT2D eigenvalue weighted by molar-refractivity contribution is 0.0696. The first-order valence-corrected chi connectivity index (χ1v) is 7.36. The number of benzene rings is 3. The topological polar surface area (TPSA) is 104 Å². The van der Waals surface area contributed by atoms with Crippen LogP contribution in [0.5, 0.6) is 0 Å². The van der Waals surface area contributed by atoms with Gasteiger partial charge in [-0.2, -0.15) is 0 Å². The van der Waals surface area contributed by atoms with Crippen LogP contribution in [0.4, 0.5) is 5.69 Å². The smallest absolute Gasteiger partial charge is 0.335 e. The number of aromatic carboxylic acids is 2. The summed E-state index contributed by atoms with van der Waals surface area (Å²) in [4.78, 5) is 34.9. The van der Waals surface area contributed by atoms with Crippen LogP contribution < -0.4 is 5.32 Å². The second kappa shape index (κ2) is 6.45. The molecular formula is C19H13NO5. The molecule has 0 atom stereocenters. The average molecular weight is 335 g/mol. The molecular weight excluding hydrogens is 322 g/mol. The molecule has 0 saturated heterocycles. The Morgan fingerprint density at radius 2 is 1.36 bits per heavy atom. The van der Waals surface area contributed by atoms with E-state index in [1.165, 1.54) is 12.1 Å². The second-order valence-corrected chi connectivity index (χ2v) is 5.39. The van der Waals surface area contributed by atoms with Gasteiger partial charge in [0, 0.05) is 11.3 Å². The number of carboxylic acids is 2. The maximum absolute atomic E-state index is 12.6. The first kappa shape index (κ1) is 16.2. The van der Waals surface area contributed by atoms with Crippen molar-refractivity contribution in [2.24, 2.45) is 0 Å². The van der Waals surface area contributed by atoms with Crippen LogP contribution in [-0.2, 0) is 0 Å². The van der Waals surface area contributed by atoms with E-state index in [-0.39, 0.29) is 16.8 Å². The summed E-state index contributed by atoms with van der Waals surface area (Å²) in [5.74, 6) is -3.00. The molecule has 0 spiro atoms. The summed E-state index contributed by atoms with van der Waals surface area (Å²) < 4.78 is 0. The van der Waals surface area contributed by atoms with Crippen molar-refractivity contribution in [3.8, 4) is 0 Å². The predicted molar refractivity (Wildman–Crippen MR) is 92.3 cm³/mol. The van der Waals surface area contributed by atoms with Crippen LogP contribution in [-0.4, -0.2) is 28.1 Å². The number of carbonyl (C=O) groups is 3. The van der Waals surface area contributed by atoms with E-state index < -0.39 is 17.8 Å². The number of carboxylic acid groups (broad SMARTS) is 2. The molecule has 3 rings (SSSR count). The van der Waals surface area contributed by atoms with Gasteiger partial charge in [0.15, 0.2) is 0 Å². The summed E-state index contributed by atoms with van der Waals surface area (Å²) in [7, 11) is 0. The molecule has 124 valence electrons. The minimum Gasteiger partial charge on any atom is -0.478 e. The van der Waals surface area contributed by atoms with E-state index in [1.54, 1.807) is 18.2 Å². The average Bonchev–Trinajstić information content (AvgIpc) is 2.60. The van der Waals surface area contributed by atoms with Crippen LogP contribution in [0, 0.1) is 0 Å². The molecule has 0 aromatic heterocycles. The van der Waals surface area contributed by atoms with E-state index in [0.29, 0.717) is 5.56 Å². The zero-order valence-corrected chi connectivity index (χ0v) is 12.9. The number of fused-ring (bicyclic) bond motifs is 1. The molecule has 0 bridgehead atoms. The Morgan fingerprint density at radius 1 is 0.760 bits per heavy atom. The zero-order valence-electron chi connectivity index (χ0n) is 12.9. The summed E-state index contributed by atoms with van der Waals surface area (Å²) in [5.41, 5.74) is 0.0900. The number of hydrogen-bond acceptors (Lipinski definition) is 3. The Hall–Kier alpha value is -3.67. The lowest BCUT2D eigenvalue weighted by Gasteiger charge is -2.10. The van der Waals surface area contributed by atoms with Gasteiger partial charge in [-0.1, -0.05) is 36.4 Å². The van der Waals surface area contributed by atoms with Gasteiger partial charge in [-0.3, -0.25) is 4.79 Å². The first-order valence-electron chi connectivity index (χ1n) is 7.36. The normalized spacial score (nSPS) is 10.4. The molecule has 0 unspecified atom stereocenters. The Bertz CT molecular complexity index is 972. The van der Waals surface area contributed by atoms with Crippen molar-refractivity contribution in [1.82, 2.24) is 0 Å². The molecule has 3 aromatic rings. The van der Waals surface area contributed by atoms with Crippen molar-refractivity contribution in [2.45, 2.75) is 0 Å². The fraction of sp³-hybridized carbons (Fsp3) is 0. The Kier molecular flexibility index (Phi) is 4.18. The molecule has 0 aliphatic heterocycles. The van der Waals surface area contributed by atoms with Crippen LogP contribution in [0.15, 0.2) is 60.7 Å². The molecule has 0 saturated carbocycles. The Labute approximate surface area is 142 Å². The molecule has 0 aliphatic carbocycles. The first-order chi connectivity index (χ1) is 12.0. The number of amides is 1. The number of nitrogens with one attached hydrogen (secondary N) is 1. The highest BCUT2D eigenvalue weighted by Gasteiger charge is 2.15. The van der Waals surface area contributed by atoms with Gasteiger partial charge in [0.25, 0.3) is 5.91 Å². The van der Waals surface area contributed by atoms with Crippen molar-refractivity contribution in [3.63, 3.8) is 0 Å². The van der Waals surface area contributed by atoms with Crippen molar-refractivity contribution in [1.29, 1.82) is 0 Å². The molecule has 0 fully saturated rings. The van der Waals surface area contributed by atoms with E-state index in [9.17, 15) is 14.4 Å². The molecule has 6 heteroatoms. The van der Waals surface area contributed by atoms with Gasteiger partial charge < -0.3 is 15.5 Å². The standard InChI is InChI=1S/C19H13NO5/c21-17(16-7-3-5-11-4-1-2-6-15(11)16)20-14-9-12(18(22)23)8-13(10-14)19(24)25/h1-10H,(H,20,21)(H,22,23)(H,24,25). The third-order valence-corrected chi connectivity index (χ3v) is 3.72. The van der Waals surface area contributed by atoms with Crippen molar-refractivity contribution >= 4 is 34.3 Å². The molecule has 25 heavy (non-hydrogen) atoms. The molecule has 0 aliphatic rings. The monoisotopic (exact) mass is 335 g/mol. The van der Waals surface area contributed by atoms with Crippen LogP contribution in [0.25, 0.3) is 10.8 Å². The molecule has 3 N–H and O–H groups in total. The zero-order chi connectivity index (χ0) is 18.0. The van der Waals surface area contributed by atoms with Crippen molar-refractivity contribution < 1.29 is 24.6 Å². The van der Waals surface area contributed by atoms with E-state index in [2.05, 4.69) is 5.32 Å². The molecule has 3 aromatic carbocycles. The van der Waals surface area contributed by atoms with Crippen molar-refractivity contribution in [3.05, 3.63) is 77.4 Å². The minimum atomic E-state index is -1.27. The summed E-state index contributed by atoms with van der Waals surface area (Å²) in [6.45, 7) is 0. The summed E-state index contributed by atoms with van der Waals surface area (Å²) in [5, 5.41) is 22.4. The van der Waals surface area contributed by atoms with Crippen LogP contribution >= 0.6 is 0 Å². The van der Waals surface area contributed by atoms with Gasteiger partial charge in [-0.25, -0.2) is 9.59 Å². The summed E-state index contributed by atoms with van der Waals surface area (Å²) in [6.07, 6.45) is 0. The highest BCUT2D eigenvalue weighted by molar-refractivity contribution is 6.13. The van der Waals surface area contributed by atoms with Crippen molar-refractivity contribution in [2.75, 3.05) is 5.32 Å². The largest absolute Gasteiger partial charge is 0.478 e. The maximum atomic E-state index is 12.6. The molecule has 1 amide bonds. The molecule has 0 heterocycles.